The number of aryl methyl sites for hydroxylation is 1. The molecule has 3 aromatic rings. The van der Waals surface area contributed by atoms with Gasteiger partial charge in [0, 0.05) is 22.7 Å². The second-order valence-electron chi connectivity index (χ2n) is 7.34. The molecule has 3 aromatic heterocycles. The maximum Gasteiger partial charge on any atom is 0.221 e. The fourth-order valence-electron chi connectivity index (χ4n) is 3.85. The second kappa shape index (κ2) is 8.13. The fraction of sp³-hybridized carbons (Fsp3) is 0.261. The largest absolute Gasteiger partial charge is 0.497 e. The van der Waals surface area contributed by atoms with Crippen molar-refractivity contribution in [2.45, 2.75) is 26.4 Å². The molecule has 158 valence electrons. The predicted molar refractivity (Wildman–Crippen MR) is 119 cm³/mol. The molecule has 0 saturated carbocycles. The van der Waals surface area contributed by atoms with E-state index in [1.54, 1.807) is 30.1 Å². The van der Waals surface area contributed by atoms with Crippen LogP contribution in [0.25, 0.3) is 27.9 Å². The van der Waals surface area contributed by atoms with Crippen LogP contribution in [0.5, 0.6) is 5.88 Å². The summed E-state index contributed by atoms with van der Waals surface area (Å²) in [5.74, 6) is 1.08. The Bertz CT molecular complexity index is 1270. The topological polar surface area (TPSA) is 115 Å². The number of nitrogens with one attached hydrogen (secondary N) is 1. The van der Waals surface area contributed by atoms with E-state index in [2.05, 4.69) is 27.7 Å². The van der Waals surface area contributed by atoms with Crippen molar-refractivity contribution in [3.05, 3.63) is 59.7 Å². The third-order valence-corrected chi connectivity index (χ3v) is 5.28. The van der Waals surface area contributed by atoms with E-state index in [0.717, 1.165) is 27.9 Å². The summed E-state index contributed by atoms with van der Waals surface area (Å²) in [6, 6.07) is 6.00. The number of aromatic nitrogens is 4. The normalized spacial score (nSPS) is 16.5. The number of nitrogens with zero attached hydrogens (tertiary/aromatic N) is 4. The lowest BCUT2D eigenvalue weighted by atomic mass is 9.93. The van der Waals surface area contributed by atoms with Gasteiger partial charge in [-0.3, -0.25) is 0 Å². The van der Waals surface area contributed by atoms with Gasteiger partial charge in [-0.1, -0.05) is 12.7 Å². The lowest BCUT2D eigenvalue weighted by molar-refractivity contribution is 0.206. The molecule has 0 fully saturated rings. The fourth-order valence-corrected chi connectivity index (χ4v) is 3.85. The van der Waals surface area contributed by atoms with E-state index in [-0.39, 0.29) is 6.04 Å². The zero-order valence-electron chi connectivity index (χ0n) is 17.8. The number of hydrogen-bond donors (Lipinski definition) is 2. The van der Waals surface area contributed by atoms with Gasteiger partial charge in [0.2, 0.25) is 5.88 Å². The first-order chi connectivity index (χ1) is 15.0. The number of nitriles is 1. The van der Waals surface area contributed by atoms with Crippen LogP contribution in [0.15, 0.2) is 48.4 Å². The van der Waals surface area contributed by atoms with E-state index in [9.17, 15) is 5.26 Å². The smallest absolute Gasteiger partial charge is 0.221 e. The van der Waals surface area contributed by atoms with Crippen molar-refractivity contribution in [2.75, 3.05) is 13.7 Å². The van der Waals surface area contributed by atoms with Crippen molar-refractivity contribution in [3.8, 4) is 23.2 Å². The molecule has 0 amide bonds. The molecular formula is C23H24N6O2. The molecule has 1 unspecified atom stereocenters. The third kappa shape index (κ3) is 3.49. The monoisotopic (exact) mass is 416 g/mol. The molecule has 0 radical (unpaired) electrons. The van der Waals surface area contributed by atoms with Gasteiger partial charge in [-0.05, 0) is 32.1 Å². The van der Waals surface area contributed by atoms with Crippen LogP contribution in [0.4, 0.5) is 0 Å². The SMILES string of the molecule is C=C(/C=C(\C(C#N)=C/C)c1c(-c2c(C)nn3c2OCC(N)C3)[nH]c2ncccc12)OC. The number of methoxy groups -OCH3 is 1. The summed E-state index contributed by atoms with van der Waals surface area (Å²) < 4.78 is 13.1. The first kappa shape index (κ1) is 20.4. The van der Waals surface area contributed by atoms with Gasteiger partial charge in [-0.25, -0.2) is 9.67 Å². The van der Waals surface area contributed by atoms with Crippen molar-refractivity contribution in [2.24, 2.45) is 5.73 Å². The van der Waals surface area contributed by atoms with Crippen molar-refractivity contribution in [3.63, 3.8) is 0 Å². The van der Waals surface area contributed by atoms with Crippen molar-refractivity contribution < 1.29 is 9.47 Å². The van der Waals surface area contributed by atoms with Gasteiger partial charge in [0.25, 0.3) is 0 Å². The van der Waals surface area contributed by atoms with Crippen LogP contribution in [0, 0.1) is 18.3 Å². The molecule has 1 aliphatic heterocycles. The Morgan fingerprint density at radius 1 is 1.52 bits per heavy atom. The summed E-state index contributed by atoms with van der Waals surface area (Å²) in [4.78, 5) is 7.91. The Balaban J connectivity index is 2.06. The summed E-state index contributed by atoms with van der Waals surface area (Å²) >= 11 is 0. The molecule has 4 heterocycles. The average molecular weight is 416 g/mol. The van der Waals surface area contributed by atoms with Crippen LogP contribution < -0.4 is 10.5 Å². The van der Waals surface area contributed by atoms with E-state index in [1.165, 1.54) is 0 Å². The summed E-state index contributed by atoms with van der Waals surface area (Å²) in [5, 5.41) is 15.4. The Hall–Kier alpha value is -3.83. The van der Waals surface area contributed by atoms with Gasteiger partial charge < -0.3 is 20.2 Å². The van der Waals surface area contributed by atoms with Crippen molar-refractivity contribution in [1.29, 1.82) is 5.26 Å². The van der Waals surface area contributed by atoms with E-state index in [1.807, 2.05) is 26.0 Å². The summed E-state index contributed by atoms with van der Waals surface area (Å²) in [6.45, 7) is 8.66. The number of fused-ring (bicyclic) bond motifs is 2. The lowest BCUT2D eigenvalue weighted by Gasteiger charge is -2.21. The van der Waals surface area contributed by atoms with Gasteiger partial charge in [-0.2, -0.15) is 10.4 Å². The highest BCUT2D eigenvalue weighted by Gasteiger charge is 2.29. The Labute approximate surface area is 180 Å². The molecule has 0 aromatic carbocycles. The minimum atomic E-state index is -0.114. The van der Waals surface area contributed by atoms with Crippen molar-refractivity contribution in [1.82, 2.24) is 19.7 Å². The molecule has 4 rings (SSSR count). The number of ether oxygens (including phenoxy) is 2. The number of H-pyrrole nitrogens is 1. The molecule has 8 heteroatoms. The maximum atomic E-state index is 9.84. The number of aromatic amines is 1. The highest BCUT2D eigenvalue weighted by Crippen LogP contribution is 2.43. The van der Waals surface area contributed by atoms with Gasteiger partial charge >= 0.3 is 0 Å². The van der Waals surface area contributed by atoms with Gasteiger partial charge in [-0.15, -0.1) is 0 Å². The molecule has 0 bridgehead atoms. The van der Waals surface area contributed by atoms with Crippen LogP contribution >= 0.6 is 0 Å². The minimum absolute atomic E-state index is 0.114. The molecule has 0 spiro atoms. The number of hydrogen-bond acceptors (Lipinski definition) is 6. The van der Waals surface area contributed by atoms with Crippen LogP contribution in [-0.4, -0.2) is 39.5 Å². The zero-order valence-corrected chi connectivity index (χ0v) is 17.8. The van der Waals surface area contributed by atoms with Gasteiger partial charge in [0.1, 0.15) is 18.0 Å². The third-order valence-electron chi connectivity index (χ3n) is 5.28. The number of nitrogens with two attached hydrogens (primary N) is 1. The molecule has 0 aliphatic carbocycles. The van der Waals surface area contributed by atoms with E-state index in [4.69, 9.17) is 15.2 Å². The summed E-state index contributed by atoms with van der Waals surface area (Å²) in [6.07, 6.45) is 5.25. The molecular weight excluding hydrogens is 392 g/mol. The maximum absolute atomic E-state index is 9.84. The standard InChI is InChI=1S/C23H24N6O2/c1-5-15(10-24)18(9-13(2)30-4)20-17-7-6-8-26-22(17)27-21(20)19-14(3)28-29-11-16(25)12-31-23(19)29/h5-9,16H,2,11-12,25H2,1,3-4H3,(H,26,27)/b15-5-,18-9+. The highest BCUT2D eigenvalue weighted by molar-refractivity contribution is 6.04. The average Bonchev–Trinajstić information content (AvgIpc) is 3.29. The lowest BCUT2D eigenvalue weighted by Crippen LogP contribution is -2.37. The Kier molecular flexibility index (Phi) is 5.36. The van der Waals surface area contributed by atoms with Crippen LogP contribution in [0.1, 0.15) is 18.2 Å². The second-order valence-corrected chi connectivity index (χ2v) is 7.34. The Morgan fingerprint density at radius 2 is 2.32 bits per heavy atom. The molecule has 1 aliphatic rings. The van der Waals surface area contributed by atoms with Gasteiger partial charge in [0.05, 0.1) is 48.3 Å². The molecule has 31 heavy (non-hydrogen) atoms. The first-order valence-corrected chi connectivity index (χ1v) is 9.93. The van der Waals surface area contributed by atoms with Crippen LogP contribution in [0.3, 0.4) is 0 Å². The van der Waals surface area contributed by atoms with Crippen LogP contribution in [0.2, 0.25) is 0 Å². The highest BCUT2D eigenvalue weighted by atomic mass is 16.5. The van der Waals surface area contributed by atoms with Crippen molar-refractivity contribution >= 4 is 16.6 Å². The predicted octanol–water partition coefficient (Wildman–Crippen LogP) is 3.47. The summed E-state index contributed by atoms with van der Waals surface area (Å²) in [7, 11) is 1.55. The van der Waals surface area contributed by atoms with Crippen LogP contribution in [-0.2, 0) is 11.3 Å². The molecule has 3 N–H and O–H groups in total. The zero-order chi connectivity index (χ0) is 22.1. The quantitative estimate of drug-likeness (QED) is 0.374. The summed E-state index contributed by atoms with van der Waals surface area (Å²) in [5.41, 5.74) is 11.1. The number of pyridine rings is 1. The Morgan fingerprint density at radius 3 is 3.03 bits per heavy atom. The van der Waals surface area contributed by atoms with Gasteiger partial charge in [0.15, 0.2) is 0 Å². The molecule has 0 saturated heterocycles. The van der Waals surface area contributed by atoms with E-state index < -0.39 is 0 Å². The number of rotatable bonds is 5. The minimum Gasteiger partial charge on any atom is -0.497 e. The number of allylic oxidation sites excluding steroid dienone is 4. The molecule has 1 atom stereocenters. The van der Waals surface area contributed by atoms with E-state index >= 15 is 0 Å². The van der Waals surface area contributed by atoms with E-state index in [0.29, 0.717) is 41.6 Å². The molecule has 8 nitrogen and oxygen atoms in total. The first-order valence-electron chi connectivity index (χ1n) is 9.93.